The van der Waals surface area contributed by atoms with Crippen LogP contribution in [0.5, 0.6) is 0 Å². The lowest BCUT2D eigenvalue weighted by atomic mass is 9.71. The van der Waals surface area contributed by atoms with Gasteiger partial charge in [-0.2, -0.15) is 0 Å². The lowest BCUT2D eigenvalue weighted by Gasteiger charge is -2.45. The van der Waals surface area contributed by atoms with E-state index in [1.54, 1.807) is 79.9 Å². The van der Waals surface area contributed by atoms with E-state index in [9.17, 15) is 49.2 Å². The molecule has 12 rings (SSSR count). The smallest absolute Gasteiger partial charge is 0.309 e. The molecule has 6 aliphatic rings. The van der Waals surface area contributed by atoms with Crippen molar-refractivity contribution in [3.8, 4) is 0 Å². The summed E-state index contributed by atoms with van der Waals surface area (Å²) >= 11 is 4.89. The van der Waals surface area contributed by atoms with E-state index in [2.05, 4.69) is 130 Å². The van der Waals surface area contributed by atoms with Gasteiger partial charge in [0.1, 0.15) is 35.7 Å². The Labute approximate surface area is 776 Å². The Morgan fingerprint density at radius 3 is 1.07 bits per heavy atom. The first kappa shape index (κ1) is 104. The standard InChI is InChI=1S/2C36H55NO6SSi.C30H41NO6S/c1-12-14-25-32(39)22(2)15-13-18-36(9)30(42-36)20-27(24-16-17-28-26(19-24)37-23(3)44-28)41-31(38)21-29(35(7,8)33(25)40)43-45(10,11)34(4,5)6;1-12-14-25-32(43-45(10,11)34(4,5)6)22(2)15-13-18-36(9)30(42-36)20-27(24-16-17-28-26(19-24)37-23(3)44-28)41-31(39)21-29(38)35(7,8)33(25)40;1-7-9-20-27(34)17(2)10-8-13-30(6)25(37-30)15-22(19-11-12-23-21(14-19)31-18(3)38-23)36-26(33)16-24(32)29(4,5)28(20)35/h12,16-17,19,22,25,27,29-30,32,39H,1,13-15,18,20-21H2,2-11H3;12,16-17,19,22,25,27,29-30,32,38H,1,13-15,18,20-21H2,2-11H3;7,11-12,14,17,20,22,24-25,27,32,34H,1,8-10,13,15-16H2,2-6H3/t22-,25+,27-,29-,30-,32-,36+;22-,25+,27-,29-,30-,32?,36+;17-,20+,22-,24-,25-,27-,30+/m000/s1. The van der Waals surface area contributed by atoms with Gasteiger partial charge in [-0.05, 0) is 206 Å². The first-order valence-corrected chi connectivity index (χ1v) is 55.0. The predicted molar refractivity (Wildman–Crippen MR) is 516 cm³/mol. The van der Waals surface area contributed by atoms with Crippen molar-refractivity contribution in [3.05, 3.63) is 124 Å². The summed E-state index contributed by atoms with van der Waals surface area (Å²) < 4.78 is 54.3. The average molecular weight is 1860 g/mol. The summed E-state index contributed by atoms with van der Waals surface area (Å²) in [6, 6.07) is 18.0. The molecule has 26 heteroatoms. The Morgan fingerprint density at radius 1 is 0.445 bits per heavy atom. The Balaban J connectivity index is 0.000000201. The number of Topliss-reactive ketones (excluding diaryl/α,β-unsaturated/α-hetero) is 3. The van der Waals surface area contributed by atoms with E-state index in [1.165, 1.54) is 0 Å². The van der Waals surface area contributed by atoms with Crippen molar-refractivity contribution in [2.75, 3.05) is 0 Å². The summed E-state index contributed by atoms with van der Waals surface area (Å²) in [5, 5.41) is 47.9. The van der Waals surface area contributed by atoms with Gasteiger partial charge < -0.3 is 57.7 Å². The molecule has 6 fully saturated rings. The number of aromatic nitrogens is 3. The van der Waals surface area contributed by atoms with Gasteiger partial charge in [0.15, 0.2) is 16.6 Å². The van der Waals surface area contributed by atoms with E-state index in [0.717, 1.165) is 120 Å². The van der Waals surface area contributed by atoms with E-state index in [0.29, 0.717) is 38.5 Å². The van der Waals surface area contributed by atoms with Crippen molar-refractivity contribution in [3.63, 3.8) is 0 Å². The fourth-order valence-corrected chi connectivity index (χ4v) is 23.8. The number of aliphatic hydroxyl groups excluding tert-OH is 4. The lowest BCUT2D eigenvalue weighted by molar-refractivity contribution is -0.158. The maximum Gasteiger partial charge on any atom is 0.309 e. The van der Waals surface area contributed by atoms with Crippen LogP contribution in [0.25, 0.3) is 30.6 Å². The Morgan fingerprint density at radius 2 is 0.742 bits per heavy atom. The molecule has 0 saturated carbocycles. The number of aliphatic hydroxyl groups is 4. The van der Waals surface area contributed by atoms with Crippen LogP contribution in [-0.2, 0) is 66.0 Å². The summed E-state index contributed by atoms with van der Waals surface area (Å²) in [7, 11) is -4.69. The second kappa shape index (κ2) is 41.1. The molecule has 1 unspecified atom stereocenters. The zero-order valence-corrected chi connectivity index (χ0v) is 85.7. The highest BCUT2D eigenvalue weighted by atomic mass is 32.1. The number of carbonyl (C=O) groups excluding carboxylic acids is 6. The second-order valence-electron chi connectivity index (χ2n) is 43.4. The topological polar surface area (TPSA) is 306 Å². The van der Waals surface area contributed by atoms with E-state index < -0.39 is 117 Å². The van der Waals surface area contributed by atoms with Gasteiger partial charge in [0, 0.05) is 42.4 Å². The molecule has 3 aromatic carbocycles. The maximum absolute atomic E-state index is 14.4. The third-order valence-corrected chi connectivity index (χ3v) is 41.8. The van der Waals surface area contributed by atoms with Crippen LogP contribution >= 0.6 is 34.0 Å². The molecule has 6 aromatic rings. The van der Waals surface area contributed by atoms with Gasteiger partial charge in [0.25, 0.3) is 0 Å². The Hall–Kier alpha value is -5.96. The second-order valence-corrected chi connectivity index (χ2v) is 56.6. The molecule has 0 radical (unpaired) electrons. The van der Waals surface area contributed by atoms with Gasteiger partial charge in [-0.1, -0.05) is 160 Å². The maximum atomic E-state index is 14.4. The van der Waals surface area contributed by atoms with E-state index in [-0.39, 0.29) is 106 Å². The zero-order chi connectivity index (χ0) is 94.9. The number of epoxide rings is 3. The molecular formula is C102H151N3O18S3Si2. The molecule has 21 atom stereocenters. The zero-order valence-electron chi connectivity index (χ0n) is 81.2. The molecule has 0 amide bonds. The van der Waals surface area contributed by atoms with Gasteiger partial charge in [0.2, 0.25) is 0 Å². The number of aryl methyl sites for hydroxylation is 3. The summed E-state index contributed by atoms with van der Waals surface area (Å²) in [6.45, 7) is 62.3. The number of nitrogens with zero attached hydrogens (tertiary/aromatic N) is 3. The van der Waals surface area contributed by atoms with Crippen molar-refractivity contribution in [1.82, 2.24) is 15.0 Å². The number of hydrogen-bond acceptors (Lipinski definition) is 24. The van der Waals surface area contributed by atoms with Crippen LogP contribution in [0.1, 0.15) is 290 Å². The minimum atomic E-state index is -2.43. The monoisotopic (exact) mass is 1860 g/mol. The Bertz CT molecular complexity index is 4940. The fourth-order valence-electron chi connectivity index (χ4n) is 18.5. The molecular weight excluding hydrogens is 1710 g/mol. The molecule has 0 bridgehead atoms. The highest BCUT2D eigenvalue weighted by molar-refractivity contribution is 7.19. The van der Waals surface area contributed by atoms with Crippen molar-refractivity contribution < 1.29 is 86.5 Å². The van der Waals surface area contributed by atoms with Gasteiger partial charge in [0.05, 0.1) is 148 Å². The van der Waals surface area contributed by atoms with Crippen molar-refractivity contribution in [2.45, 2.75) is 387 Å². The largest absolute Gasteiger partial charge is 0.457 e. The summed E-state index contributed by atoms with van der Waals surface area (Å²) in [5.74, 6) is -3.99. The number of carbonyl (C=O) groups is 6. The van der Waals surface area contributed by atoms with Crippen LogP contribution in [0.3, 0.4) is 0 Å². The van der Waals surface area contributed by atoms with Crippen LogP contribution in [0.15, 0.2) is 92.6 Å². The number of allylic oxidation sites excluding steroid dienone is 3. The van der Waals surface area contributed by atoms with Crippen molar-refractivity contribution >= 4 is 117 Å². The third kappa shape index (κ3) is 24.8. The molecule has 0 spiro atoms. The molecule has 9 heterocycles. The van der Waals surface area contributed by atoms with Crippen LogP contribution in [0.4, 0.5) is 0 Å². The van der Waals surface area contributed by atoms with Crippen LogP contribution in [0, 0.1) is 72.5 Å². The highest BCUT2D eigenvalue weighted by Gasteiger charge is 2.58. The first-order chi connectivity index (χ1) is 59.4. The predicted octanol–water partition coefficient (Wildman–Crippen LogP) is 22.4. The van der Waals surface area contributed by atoms with E-state index in [4.69, 9.17) is 37.3 Å². The molecule has 6 saturated heterocycles. The summed E-state index contributed by atoms with van der Waals surface area (Å²) in [5.41, 5.74) is 0.731. The van der Waals surface area contributed by atoms with Crippen molar-refractivity contribution in [1.29, 1.82) is 0 Å². The molecule has 21 nitrogen and oxygen atoms in total. The van der Waals surface area contributed by atoms with Crippen molar-refractivity contribution in [2.24, 2.45) is 51.8 Å². The molecule has 3 aromatic heterocycles. The minimum Gasteiger partial charge on any atom is -0.457 e. The molecule has 128 heavy (non-hydrogen) atoms. The first-order valence-electron chi connectivity index (χ1n) is 46.7. The molecule has 4 N–H and O–H groups in total. The van der Waals surface area contributed by atoms with E-state index in [1.807, 2.05) is 103 Å². The van der Waals surface area contributed by atoms with Gasteiger partial charge >= 0.3 is 17.9 Å². The van der Waals surface area contributed by atoms with Gasteiger partial charge in [-0.3, -0.25) is 28.8 Å². The average Bonchev–Trinajstić information content (AvgIpc) is 1.60. The number of thiazole rings is 3. The lowest BCUT2D eigenvalue weighted by Crippen LogP contribution is -2.53. The van der Waals surface area contributed by atoms with Gasteiger partial charge in [-0.25, -0.2) is 15.0 Å². The number of rotatable bonds is 13. The number of esters is 3. The number of ketones is 3. The Kier molecular flexibility index (Phi) is 33.4. The van der Waals surface area contributed by atoms with Crippen LogP contribution in [-0.4, -0.2) is 159 Å². The third-order valence-electron chi connectivity index (χ3n) is 30.0. The van der Waals surface area contributed by atoms with Crippen LogP contribution < -0.4 is 0 Å². The molecule has 6 aliphatic heterocycles. The number of ether oxygens (including phenoxy) is 6. The quantitative estimate of drug-likeness (QED) is 0.0274. The van der Waals surface area contributed by atoms with Crippen LogP contribution in [0.2, 0.25) is 36.3 Å². The molecule has 708 valence electrons. The van der Waals surface area contributed by atoms with Gasteiger partial charge in [-0.15, -0.1) is 53.7 Å². The number of fused-ring (bicyclic) bond motifs is 6. The van der Waals surface area contributed by atoms with E-state index >= 15 is 0 Å². The number of hydrogen-bond donors (Lipinski definition) is 4. The minimum absolute atomic E-state index is 0.0372. The summed E-state index contributed by atoms with van der Waals surface area (Å²) in [6.07, 6.45) is 7.49. The number of benzene rings is 3. The SMILES string of the molecule is C=CC[C@H]1C(=O)C(C)(C)[C@@H](O)CC(=O)O[C@H](c2ccc3sc(C)nc3c2)C[C@@H]2O[C@]2(C)CCC[C@H](C)C1O[Si](C)(C)C(C)(C)C.C=CC[C@H]1C(=O)C(C)(C)[C@@H](O)CC(=O)O[C@H](c2ccc3sc(C)nc3c2)C[C@@H]2O[C@]2(C)CCC[C@H](C)[C@@H]1O.C=CC[C@H]1C(=O)C(C)(C)[C@@H](O[Si](C)(C)C(C)(C)C)CC(=O)O[C@H](c2ccc3sc(C)nc3c2)C[C@@H]2O[C@]2(C)CCC[C@H](C)[C@@H]1O. The normalized spacial score (nSPS) is 33.0. The molecule has 0 aliphatic carbocycles. The fraction of sp³-hybridized carbons (Fsp3) is 0.676. The summed E-state index contributed by atoms with van der Waals surface area (Å²) in [4.78, 5) is 97.0. The highest BCUT2D eigenvalue weighted by Crippen LogP contribution is 2.53. The number of cyclic esters (lactones) is 3.